The van der Waals surface area contributed by atoms with E-state index in [0.717, 1.165) is 22.5 Å². The molecule has 0 aliphatic rings. The number of nitro groups is 1. The van der Waals surface area contributed by atoms with Crippen molar-refractivity contribution >= 4 is 5.69 Å². The lowest BCUT2D eigenvalue weighted by Crippen LogP contribution is -2.02. The van der Waals surface area contributed by atoms with Gasteiger partial charge in [0.15, 0.2) is 0 Å². The number of nitro benzene ring substituents is 1. The van der Waals surface area contributed by atoms with Gasteiger partial charge in [0.1, 0.15) is 0 Å². The van der Waals surface area contributed by atoms with Crippen molar-refractivity contribution in [2.45, 2.75) is 13.3 Å². The summed E-state index contributed by atoms with van der Waals surface area (Å²) >= 11 is 0. The average molecular weight is 293 g/mol. The normalized spacial score (nSPS) is 10.6. The number of aromatic nitrogens is 2. The van der Waals surface area contributed by atoms with E-state index in [0.29, 0.717) is 6.42 Å². The third-order valence-electron chi connectivity index (χ3n) is 3.59. The Morgan fingerprint density at radius 1 is 1.18 bits per heavy atom. The highest BCUT2D eigenvalue weighted by Gasteiger charge is 2.13. The molecule has 0 aliphatic carbocycles. The molecule has 0 amide bonds. The van der Waals surface area contributed by atoms with Crippen LogP contribution < -0.4 is 0 Å². The summed E-state index contributed by atoms with van der Waals surface area (Å²) in [7, 11) is 0. The highest BCUT2D eigenvalue weighted by molar-refractivity contribution is 5.51. The third-order valence-corrected chi connectivity index (χ3v) is 3.59. The van der Waals surface area contributed by atoms with Crippen LogP contribution in [-0.2, 0) is 6.42 Å². The Labute approximate surface area is 128 Å². The van der Waals surface area contributed by atoms with Crippen LogP contribution >= 0.6 is 0 Å². The van der Waals surface area contributed by atoms with E-state index in [1.807, 2.05) is 41.8 Å². The number of imidazole rings is 1. The standard InChI is InChI=1S/C17H15N3O2/c1-13-11-18-12-19(13)17-8-7-16(20(21)22)10-15(17)9-14-5-3-2-4-6-14/h2-8,10-12H,9H2,1H3. The van der Waals surface area contributed by atoms with Crippen LogP contribution in [0.5, 0.6) is 0 Å². The second-order valence-corrected chi connectivity index (χ2v) is 5.14. The first-order chi connectivity index (χ1) is 10.6. The third kappa shape index (κ3) is 2.74. The molecule has 0 aliphatic heterocycles. The molecule has 0 saturated carbocycles. The maximum Gasteiger partial charge on any atom is 0.269 e. The van der Waals surface area contributed by atoms with E-state index in [2.05, 4.69) is 4.98 Å². The second-order valence-electron chi connectivity index (χ2n) is 5.14. The quantitative estimate of drug-likeness (QED) is 0.544. The number of non-ortho nitro benzene ring substituents is 1. The molecule has 5 heteroatoms. The molecule has 5 nitrogen and oxygen atoms in total. The Kier molecular flexibility index (Phi) is 3.70. The molecular formula is C17H15N3O2. The average Bonchev–Trinajstić information content (AvgIpc) is 2.94. The van der Waals surface area contributed by atoms with Gasteiger partial charge in [-0.25, -0.2) is 4.98 Å². The molecule has 0 unspecified atom stereocenters. The van der Waals surface area contributed by atoms with Gasteiger partial charge in [0.25, 0.3) is 5.69 Å². The second kappa shape index (κ2) is 5.81. The first-order valence-corrected chi connectivity index (χ1v) is 6.96. The van der Waals surface area contributed by atoms with E-state index in [1.54, 1.807) is 24.7 Å². The number of rotatable bonds is 4. The zero-order chi connectivity index (χ0) is 15.5. The summed E-state index contributed by atoms with van der Waals surface area (Å²) in [6, 6.07) is 14.9. The molecule has 3 aromatic rings. The molecule has 0 N–H and O–H groups in total. The molecule has 0 fully saturated rings. The number of aryl methyl sites for hydroxylation is 1. The summed E-state index contributed by atoms with van der Waals surface area (Å²) < 4.78 is 1.95. The molecule has 0 bridgehead atoms. The van der Waals surface area contributed by atoms with Gasteiger partial charge in [-0.05, 0) is 30.5 Å². The van der Waals surface area contributed by atoms with Crippen LogP contribution in [-0.4, -0.2) is 14.5 Å². The van der Waals surface area contributed by atoms with Crippen molar-refractivity contribution in [3.63, 3.8) is 0 Å². The zero-order valence-electron chi connectivity index (χ0n) is 12.1. The smallest absolute Gasteiger partial charge is 0.269 e. The predicted octanol–water partition coefficient (Wildman–Crippen LogP) is 3.68. The number of nitrogens with zero attached hydrogens (tertiary/aromatic N) is 3. The highest BCUT2D eigenvalue weighted by atomic mass is 16.6. The van der Waals surface area contributed by atoms with Gasteiger partial charge in [0.05, 0.1) is 16.9 Å². The summed E-state index contributed by atoms with van der Waals surface area (Å²) in [5, 5.41) is 11.1. The molecule has 3 rings (SSSR count). The van der Waals surface area contributed by atoms with E-state index in [-0.39, 0.29) is 10.6 Å². The number of hydrogen-bond donors (Lipinski definition) is 0. The van der Waals surface area contributed by atoms with E-state index < -0.39 is 0 Å². The molecular weight excluding hydrogens is 278 g/mol. The van der Waals surface area contributed by atoms with Crippen molar-refractivity contribution in [2.75, 3.05) is 0 Å². The first kappa shape index (κ1) is 14.0. The van der Waals surface area contributed by atoms with Crippen molar-refractivity contribution in [3.05, 3.63) is 88.0 Å². The van der Waals surface area contributed by atoms with Crippen LogP contribution in [0.3, 0.4) is 0 Å². The molecule has 0 saturated heterocycles. The molecule has 1 aromatic heterocycles. The van der Waals surface area contributed by atoms with Crippen molar-refractivity contribution in [1.82, 2.24) is 9.55 Å². The van der Waals surface area contributed by atoms with E-state index in [1.165, 1.54) is 6.07 Å². The van der Waals surface area contributed by atoms with Crippen LogP contribution in [0.1, 0.15) is 16.8 Å². The van der Waals surface area contributed by atoms with Gasteiger partial charge < -0.3 is 4.57 Å². The molecule has 22 heavy (non-hydrogen) atoms. The molecule has 1 heterocycles. The molecule has 110 valence electrons. The van der Waals surface area contributed by atoms with Crippen molar-refractivity contribution in [1.29, 1.82) is 0 Å². The fourth-order valence-corrected chi connectivity index (χ4v) is 2.49. The van der Waals surface area contributed by atoms with Gasteiger partial charge in [-0.1, -0.05) is 30.3 Å². The Morgan fingerprint density at radius 2 is 1.95 bits per heavy atom. The van der Waals surface area contributed by atoms with Crippen LogP contribution in [0.2, 0.25) is 0 Å². The molecule has 0 spiro atoms. The lowest BCUT2D eigenvalue weighted by atomic mass is 10.0. The van der Waals surface area contributed by atoms with Gasteiger partial charge in [0, 0.05) is 24.0 Å². The molecule has 2 aromatic carbocycles. The van der Waals surface area contributed by atoms with Crippen LogP contribution in [0, 0.1) is 17.0 Å². The number of hydrogen-bond acceptors (Lipinski definition) is 3. The SMILES string of the molecule is Cc1cncn1-c1ccc([N+](=O)[O-])cc1Cc1ccccc1. The van der Waals surface area contributed by atoms with Crippen LogP contribution in [0.25, 0.3) is 5.69 Å². The monoisotopic (exact) mass is 293 g/mol. The van der Waals surface area contributed by atoms with Crippen molar-refractivity contribution in [2.24, 2.45) is 0 Å². The van der Waals surface area contributed by atoms with Gasteiger partial charge in [0.2, 0.25) is 0 Å². The largest absolute Gasteiger partial charge is 0.303 e. The maximum absolute atomic E-state index is 11.1. The minimum Gasteiger partial charge on any atom is -0.303 e. The summed E-state index contributed by atoms with van der Waals surface area (Å²) in [5.74, 6) is 0. The Bertz CT molecular complexity index is 810. The summed E-state index contributed by atoms with van der Waals surface area (Å²) in [4.78, 5) is 14.8. The van der Waals surface area contributed by atoms with Crippen molar-refractivity contribution in [3.8, 4) is 5.69 Å². The zero-order valence-corrected chi connectivity index (χ0v) is 12.1. The van der Waals surface area contributed by atoms with Gasteiger partial charge >= 0.3 is 0 Å². The van der Waals surface area contributed by atoms with Gasteiger partial charge in [-0.15, -0.1) is 0 Å². The fraction of sp³-hybridized carbons (Fsp3) is 0.118. The van der Waals surface area contributed by atoms with E-state index >= 15 is 0 Å². The Hall–Kier alpha value is -2.95. The summed E-state index contributed by atoms with van der Waals surface area (Å²) in [6.07, 6.45) is 4.13. The van der Waals surface area contributed by atoms with Gasteiger partial charge in [-0.3, -0.25) is 10.1 Å². The summed E-state index contributed by atoms with van der Waals surface area (Å²) in [6.45, 7) is 1.96. The lowest BCUT2D eigenvalue weighted by molar-refractivity contribution is -0.384. The molecule has 0 atom stereocenters. The first-order valence-electron chi connectivity index (χ1n) is 6.96. The van der Waals surface area contributed by atoms with Crippen LogP contribution in [0.4, 0.5) is 5.69 Å². The predicted molar refractivity (Wildman–Crippen MR) is 84.2 cm³/mol. The van der Waals surface area contributed by atoms with Crippen LogP contribution in [0.15, 0.2) is 61.1 Å². The topological polar surface area (TPSA) is 61.0 Å². The minimum atomic E-state index is -0.362. The highest BCUT2D eigenvalue weighted by Crippen LogP contribution is 2.24. The lowest BCUT2D eigenvalue weighted by Gasteiger charge is -2.12. The molecule has 0 radical (unpaired) electrons. The summed E-state index contributed by atoms with van der Waals surface area (Å²) in [5.41, 5.74) is 4.03. The fourth-order valence-electron chi connectivity index (χ4n) is 2.49. The minimum absolute atomic E-state index is 0.104. The van der Waals surface area contributed by atoms with E-state index in [4.69, 9.17) is 0 Å². The van der Waals surface area contributed by atoms with Crippen molar-refractivity contribution < 1.29 is 4.92 Å². The Balaban J connectivity index is 2.09. The number of benzene rings is 2. The maximum atomic E-state index is 11.1. The van der Waals surface area contributed by atoms with E-state index in [9.17, 15) is 10.1 Å². The van der Waals surface area contributed by atoms with Gasteiger partial charge in [-0.2, -0.15) is 0 Å². The Morgan fingerprint density at radius 3 is 2.59 bits per heavy atom.